The van der Waals surface area contributed by atoms with Crippen LogP contribution in [0.25, 0.3) is 0 Å². The largest absolute Gasteiger partial charge is 0.494 e. The maximum absolute atomic E-state index is 12.4. The first-order valence-corrected chi connectivity index (χ1v) is 11.3. The number of piperazine rings is 1. The lowest BCUT2D eigenvalue weighted by molar-refractivity contribution is 0.0371. The second-order valence-electron chi connectivity index (χ2n) is 8.52. The number of nitrogens with zero attached hydrogens (tertiary/aromatic N) is 3. The Morgan fingerprint density at radius 2 is 1.83 bits per heavy atom. The Morgan fingerprint density at radius 3 is 2.66 bits per heavy atom. The van der Waals surface area contributed by atoms with Crippen LogP contribution in [0.4, 0.5) is 0 Å². The molecule has 3 fully saturated rings. The highest BCUT2D eigenvalue weighted by Crippen LogP contribution is 2.21. The summed E-state index contributed by atoms with van der Waals surface area (Å²) in [5, 5.41) is 0. The molecule has 160 valence electrons. The van der Waals surface area contributed by atoms with Gasteiger partial charge in [0.15, 0.2) is 5.78 Å². The first kappa shape index (κ1) is 20.8. The molecule has 0 bridgehead atoms. The molecule has 6 heteroatoms. The maximum Gasteiger partial charge on any atom is 0.176 e. The van der Waals surface area contributed by atoms with Gasteiger partial charge in [-0.3, -0.25) is 14.6 Å². The van der Waals surface area contributed by atoms with Crippen LogP contribution in [0.3, 0.4) is 0 Å². The van der Waals surface area contributed by atoms with Crippen LogP contribution in [0.1, 0.15) is 36.0 Å². The van der Waals surface area contributed by atoms with Crippen molar-refractivity contribution >= 4 is 5.78 Å². The number of carbonyl (C=O) groups is 1. The first-order chi connectivity index (χ1) is 14.3. The lowest BCUT2D eigenvalue weighted by atomic mass is 9.99. The van der Waals surface area contributed by atoms with E-state index in [0.29, 0.717) is 6.54 Å². The van der Waals surface area contributed by atoms with Crippen LogP contribution in [-0.4, -0.2) is 98.7 Å². The Balaban J connectivity index is 1.14. The molecule has 3 saturated heterocycles. The van der Waals surface area contributed by atoms with Gasteiger partial charge in [-0.25, -0.2) is 0 Å². The molecule has 0 radical (unpaired) electrons. The third-order valence-electron chi connectivity index (χ3n) is 6.46. The second-order valence-corrected chi connectivity index (χ2v) is 8.52. The van der Waals surface area contributed by atoms with Crippen LogP contribution >= 0.6 is 0 Å². The summed E-state index contributed by atoms with van der Waals surface area (Å²) in [5.41, 5.74) is 0.759. The first-order valence-electron chi connectivity index (χ1n) is 11.3. The zero-order valence-electron chi connectivity index (χ0n) is 17.6. The van der Waals surface area contributed by atoms with Crippen molar-refractivity contribution in [3.63, 3.8) is 0 Å². The van der Waals surface area contributed by atoms with Gasteiger partial charge in [0.1, 0.15) is 5.75 Å². The van der Waals surface area contributed by atoms with Gasteiger partial charge in [0.05, 0.1) is 26.4 Å². The van der Waals surface area contributed by atoms with Crippen molar-refractivity contribution in [2.75, 3.05) is 72.2 Å². The molecule has 29 heavy (non-hydrogen) atoms. The predicted octanol–water partition coefficient (Wildman–Crippen LogP) is 2.14. The Bertz CT molecular complexity index is 645. The number of benzene rings is 1. The average molecular weight is 402 g/mol. The number of fused-ring (bicyclic) bond motifs is 1. The van der Waals surface area contributed by atoms with Gasteiger partial charge in [-0.1, -0.05) is 6.42 Å². The van der Waals surface area contributed by atoms with Crippen LogP contribution in [0.2, 0.25) is 0 Å². The number of piperidine rings is 1. The fourth-order valence-electron chi connectivity index (χ4n) is 4.69. The Labute approximate surface area is 174 Å². The molecular weight excluding hydrogens is 366 g/mol. The number of hydrogen-bond acceptors (Lipinski definition) is 6. The molecule has 1 atom stereocenters. The van der Waals surface area contributed by atoms with E-state index in [1.165, 1.54) is 45.4 Å². The molecule has 1 aromatic rings. The van der Waals surface area contributed by atoms with Gasteiger partial charge in [-0.05, 0) is 50.1 Å². The molecule has 3 aliphatic heterocycles. The highest BCUT2D eigenvalue weighted by Gasteiger charge is 2.28. The third kappa shape index (κ3) is 6.01. The monoisotopic (exact) mass is 401 g/mol. The summed E-state index contributed by atoms with van der Waals surface area (Å²) >= 11 is 0. The summed E-state index contributed by atoms with van der Waals surface area (Å²) in [6.07, 6.45) is 5.18. The lowest BCUT2D eigenvalue weighted by Gasteiger charge is -2.44. The Morgan fingerprint density at radius 1 is 1.00 bits per heavy atom. The Kier molecular flexibility index (Phi) is 7.55. The van der Waals surface area contributed by atoms with Crippen molar-refractivity contribution in [2.45, 2.75) is 31.7 Å². The summed E-state index contributed by atoms with van der Waals surface area (Å²) in [6, 6.07) is 8.41. The molecular formula is C23H35N3O3. The predicted molar refractivity (Wildman–Crippen MR) is 114 cm³/mol. The third-order valence-corrected chi connectivity index (χ3v) is 6.46. The van der Waals surface area contributed by atoms with Gasteiger partial charge in [0.2, 0.25) is 0 Å². The molecule has 0 spiro atoms. The van der Waals surface area contributed by atoms with Crippen LogP contribution in [0, 0.1) is 0 Å². The fraction of sp³-hybridized carbons (Fsp3) is 0.696. The topological polar surface area (TPSA) is 45.3 Å². The molecule has 0 amide bonds. The molecule has 3 aliphatic rings. The number of hydrogen-bond donors (Lipinski definition) is 0. The number of carbonyl (C=O) groups excluding carboxylic acids is 1. The minimum absolute atomic E-state index is 0.167. The minimum atomic E-state index is 0.167. The molecule has 0 aromatic heterocycles. The number of ether oxygens (including phenoxy) is 2. The maximum atomic E-state index is 12.4. The summed E-state index contributed by atoms with van der Waals surface area (Å²) in [5.74, 6) is 1.02. The quantitative estimate of drug-likeness (QED) is 0.491. The van der Waals surface area contributed by atoms with E-state index in [9.17, 15) is 4.79 Å². The standard InChI is InChI=1S/C23H35N3O3/c27-23(19-25-13-16-28-17-14-25)20-5-7-22(8-6-20)29-15-3-9-24-11-12-26-10-2-1-4-21(26)18-24/h5-8,21H,1-4,9-19H2. The van der Waals surface area contributed by atoms with Crippen molar-refractivity contribution in [2.24, 2.45) is 0 Å². The average Bonchev–Trinajstić information content (AvgIpc) is 2.78. The second kappa shape index (κ2) is 10.5. The van der Waals surface area contributed by atoms with Gasteiger partial charge in [-0.2, -0.15) is 0 Å². The zero-order valence-corrected chi connectivity index (χ0v) is 17.6. The van der Waals surface area contributed by atoms with E-state index in [0.717, 1.165) is 63.2 Å². The van der Waals surface area contributed by atoms with E-state index in [1.807, 2.05) is 24.3 Å². The molecule has 1 aromatic carbocycles. The highest BCUT2D eigenvalue weighted by molar-refractivity contribution is 5.97. The SMILES string of the molecule is O=C(CN1CCOCC1)c1ccc(OCCCN2CCN3CCCCC3C2)cc1. The van der Waals surface area contributed by atoms with E-state index < -0.39 is 0 Å². The Hall–Kier alpha value is -1.47. The summed E-state index contributed by atoms with van der Waals surface area (Å²) in [4.78, 5) is 19.9. The smallest absolute Gasteiger partial charge is 0.176 e. The van der Waals surface area contributed by atoms with E-state index in [2.05, 4.69) is 14.7 Å². The summed E-state index contributed by atoms with van der Waals surface area (Å²) in [6.45, 7) is 10.4. The minimum Gasteiger partial charge on any atom is -0.494 e. The van der Waals surface area contributed by atoms with Gasteiger partial charge in [0, 0.05) is 50.9 Å². The normalized spacial score (nSPS) is 24.2. The number of ketones is 1. The van der Waals surface area contributed by atoms with E-state index in [4.69, 9.17) is 9.47 Å². The van der Waals surface area contributed by atoms with E-state index in [1.54, 1.807) is 0 Å². The van der Waals surface area contributed by atoms with Crippen LogP contribution in [0.5, 0.6) is 5.75 Å². The highest BCUT2D eigenvalue weighted by atomic mass is 16.5. The van der Waals surface area contributed by atoms with Crippen molar-refractivity contribution in [1.29, 1.82) is 0 Å². The van der Waals surface area contributed by atoms with Crippen molar-refractivity contribution in [3.8, 4) is 5.75 Å². The zero-order chi connectivity index (χ0) is 19.9. The summed E-state index contributed by atoms with van der Waals surface area (Å²) in [7, 11) is 0. The molecule has 6 nitrogen and oxygen atoms in total. The van der Waals surface area contributed by atoms with Crippen molar-refractivity contribution in [1.82, 2.24) is 14.7 Å². The van der Waals surface area contributed by atoms with Gasteiger partial charge in [0.25, 0.3) is 0 Å². The van der Waals surface area contributed by atoms with Crippen molar-refractivity contribution < 1.29 is 14.3 Å². The number of morpholine rings is 1. The molecule has 3 heterocycles. The van der Waals surface area contributed by atoms with E-state index in [-0.39, 0.29) is 5.78 Å². The van der Waals surface area contributed by atoms with Crippen LogP contribution in [0.15, 0.2) is 24.3 Å². The van der Waals surface area contributed by atoms with Crippen LogP contribution in [-0.2, 0) is 4.74 Å². The van der Waals surface area contributed by atoms with Crippen molar-refractivity contribution in [3.05, 3.63) is 29.8 Å². The molecule has 0 saturated carbocycles. The lowest BCUT2D eigenvalue weighted by Crippen LogP contribution is -2.54. The molecule has 4 rings (SSSR count). The molecule has 0 N–H and O–H groups in total. The van der Waals surface area contributed by atoms with E-state index >= 15 is 0 Å². The van der Waals surface area contributed by atoms with Crippen LogP contribution < -0.4 is 4.74 Å². The fourth-order valence-corrected chi connectivity index (χ4v) is 4.69. The molecule has 1 unspecified atom stereocenters. The van der Waals surface area contributed by atoms with Gasteiger partial charge < -0.3 is 14.4 Å². The number of Topliss-reactive ketones (excluding diaryl/α,β-unsaturated/α-hetero) is 1. The summed E-state index contributed by atoms with van der Waals surface area (Å²) < 4.78 is 11.2. The molecule has 0 aliphatic carbocycles. The number of rotatable bonds is 8. The van der Waals surface area contributed by atoms with Gasteiger partial charge >= 0.3 is 0 Å². The van der Waals surface area contributed by atoms with Gasteiger partial charge in [-0.15, -0.1) is 0 Å².